The third-order valence-electron chi connectivity index (χ3n) is 2.89. The average Bonchev–Trinajstić information content (AvgIpc) is 2.48. The third-order valence-corrected chi connectivity index (χ3v) is 3.35. The van der Waals surface area contributed by atoms with Gasteiger partial charge in [0.25, 0.3) is 0 Å². The first kappa shape index (κ1) is 20.4. The number of hydrogen-bond acceptors (Lipinski definition) is 2. The van der Waals surface area contributed by atoms with E-state index in [1.54, 1.807) is 0 Å². The van der Waals surface area contributed by atoms with E-state index in [4.69, 9.17) is 21.9 Å². The number of halogens is 6. The van der Waals surface area contributed by atoms with Gasteiger partial charge in [-0.25, -0.2) is 13.8 Å². The summed E-state index contributed by atoms with van der Waals surface area (Å²) in [4.78, 5) is 7.35. The SMILES string of the molecule is NC(N)=NC(N)=Nc1cc(Br)cc(Oc2c(F)cc(C(F)(F)F)cc2F)c1. The molecular weight excluding hydrogens is 441 g/mol. The molecular formula is C15H11BrF5N5O. The molecule has 0 spiro atoms. The van der Waals surface area contributed by atoms with Crippen molar-refractivity contribution < 1.29 is 26.7 Å². The van der Waals surface area contributed by atoms with Crippen molar-refractivity contribution in [3.05, 3.63) is 52.0 Å². The van der Waals surface area contributed by atoms with Crippen LogP contribution < -0.4 is 21.9 Å². The molecule has 12 heteroatoms. The minimum Gasteiger partial charge on any atom is -0.451 e. The number of guanidine groups is 2. The summed E-state index contributed by atoms with van der Waals surface area (Å²) in [5.41, 5.74) is 14.5. The van der Waals surface area contributed by atoms with Crippen LogP contribution in [0.5, 0.6) is 11.5 Å². The van der Waals surface area contributed by atoms with Gasteiger partial charge in [-0.05, 0) is 24.3 Å². The molecule has 6 N–H and O–H groups in total. The van der Waals surface area contributed by atoms with E-state index < -0.39 is 29.1 Å². The number of nitrogens with zero attached hydrogens (tertiary/aromatic N) is 2. The van der Waals surface area contributed by atoms with Crippen LogP contribution in [0.1, 0.15) is 5.56 Å². The zero-order valence-electron chi connectivity index (χ0n) is 13.2. The first-order valence-electron chi connectivity index (χ1n) is 6.94. The van der Waals surface area contributed by atoms with Crippen LogP contribution in [0.15, 0.2) is 44.8 Å². The first-order chi connectivity index (χ1) is 12.5. The predicted molar refractivity (Wildman–Crippen MR) is 92.7 cm³/mol. The lowest BCUT2D eigenvalue weighted by Gasteiger charge is -2.12. The lowest BCUT2D eigenvalue weighted by atomic mass is 10.2. The fourth-order valence-electron chi connectivity index (χ4n) is 1.90. The molecule has 0 aliphatic heterocycles. The predicted octanol–water partition coefficient (Wildman–Crippen LogP) is 3.76. The van der Waals surface area contributed by atoms with Crippen molar-refractivity contribution in [2.45, 2.75) is 6.18 Å². The van der Waals surface area contributed by atoms with Crippen LogP contribution >= 0.6 is 15.9 Å². The monoisotopic (exact) mass is 451 g/mol. The molecule has 0 radical (unpaired) electrons. The van der Waals surface area contributed by atoms with Crippen molar-refractivity contribution in [3.8, 4) is 11.5 Å². The third kappa shape index (κ3) is 5.54. The molecule has 0 aromatic heterocycles. The molecule has 6 nitrogen and oxygen atoms in total. The number of rotatable bonds is 3. The quantitative estimate of drug-likeness (QED) is 0.374. The van der Waals surface area contributed by atoms with Crippen molar-refractivity contribution in [2.75, 3.05) is 0 Å². The molecule has 0 heterocycles. The number of aliphatic imine (C=N–C) groups is 2. The van der Waals surface area contributed by atoms with Crippen LogP contribution in [0.4, 0.5) is 27.6 Å². The van der Waals surface area contributed by atoms with Crippen LogP contribution in [0, 0.1) is 11.6 Å². The van der Waals surface area contributed by atoms with Crippen molar-refractivity contribution in [1.29, 1.82) is 0 Å². The Morgan fingerprint density at radius 2 is 1.56 bits per heavy atom. The Labute approximate surface area is 157 Å². The Balaban J connectivity index is 2.40. The summed E-state index contributed by atoms with van der Waals surface area (Å²) in [5.74, 6) is -4.81. The van der Waals surface area contributed by atoms with Crippen molar-refractivity contribution in [3.63, 3.8) is 0 Å². The molecule has 0 saturated heterocycles. The number of alkyl halides is 3. The second-order valence-electron chi connectivity index (χ2n) is 5.02. The van der Waals surface area contributed by atoms with Gasteiger partial charge in [0.1, 0.15) is 5.75 Å². The van der Waals surface area contributed by atoms with Gasteiger partial charge in [-0.1, -0.05) is 15.9 Å². The fraction of sp³-hybridized carbons (Fsp3) is 0.0667. The van der Waals surface area contributed by atoms with Gasteiger partial charge < -0.3 is 21.9 Å². The van der Waals surface area contributed by atoms with Crippen LogP contribution in [0.3, 0.4) is 0 Å². The highest BCUT2D eigenvalue weighted by molar-refractivity contribution is 9.10. The maximum Gasteiger partial charge on any atom is 0.416 e. The molecule has 0 unspecified atom stereocenters. The van der Waals surface area contributed by atoms with Crippen molar-refractivity contribution in [1.82, 2.24) is 0 Å². The van der Waals surface area contributed by atoms with Gasteiger partial charge >= 0.3 is 6.18 Å². The zero-order chi connectivity index (χ0) is 20.4. The normalized spacial score (nSPS) is 12.0. The van der Waals surface area contributed by atoms with Crippen molar-refractivity contribution >= 4 is 33.5 Å². The van der Waals surface area contributed by atoms with E-state index >= 15 is 0 Å². The smallest absolute Gasteiger partial charge is 0.416 e. The Hall–Kier alpha value is -2.89. The van der Waals surface area contributed by atoms with Crippen LogP contribution in [0.25, 0.3) is 0 Å². The van der Waals surface area contributed by atoms with Gasteiger partial charge in [-0.2, -0.15) is 18.2 Å². The van der Waals surface area contributed by atoms with Gasteiger partial charge in [0.15, 0.2) is 23.3 Å². The molecule has 2 aromatic rings. The lowest BCUT2D eigenvalue weighted by molar-refractivity contribution is -0.138. The summed E-state index contributed by atoms with van der Waals surface area (Å²) < 4.78 is 71.0. The molecule has 2 aromatic carbocycles. The van der Waals surface area contributed by atoms with Crippen LogP contribution in [-0.2, 0) is 6.18 Å². The van der Waals surface area contributed by atoms with Gasteiger partial charge in [0.2, 0.25) is 5.96 Å². The van der Waals surface area contributed by atoms with E-state index in [1.807, 2.05) is 0 Å². The fourth-order valence-corrected chi connectivity index (χ4v) is 2.36. The van der Waals surface area contributed by atoms with E-state index in [-0.39, 0.29) is 35.5 Å². The lowest BCUT2D eigenvalue weighted by Crippen LogP contribution is -2.26. The first-order valence-corrected chi connectivity index (χ1v) is 7.73. The second kappa shape index (κ2) is 7.78. The molecule has 0 fully saturated rings. The summed E-state index contributed by atoms with van der Waals surface area (Å²) in [7, 11) is 0. The maximum absolute atomic E-state index is 13.9. The number of benzene rings is 2. The summed E-state index contributed by atoms with van der Waals surface area (Å²) in [5, 5.41) is 0. The molecule has 0 aliphatic rings. The maximum atomic E-state index is 13.9. The Morgan fingerprint density at radius 1 is 0.963 bits per heavy atom. The summed E-state index contributed by atoms with van der Waals surface area (Å²) in [6, 6.07) is 4.25. The Morgan fingerprint density at radius 3 is 2.07 bits per heavy atom. The van der Waals surface area contributed by atoms with E-state index in [9.17, 15) is 22.0 Å². The van der Waals surface area contributed by atoms with Gasteiger partial charge in [0.05, 0.1) is 11.3 Å². The highest BCUT2D eigenvalue weighted by atomic mass is 79.9. The Kier molecular flexibility index (Phi) is 5.88. The topological polar surface area (TPSA) is 112 Å². The molecule has 2 rings (SSSR count). The van der Waals surface area contributed by atoms with Gasteiger partial charge in [-0.15, -0.1) is 0 Å². The minimum absolute atomic E-state index is 0.127. The zero-order valence-corrected chi connectivity index (χ0v) is 14.8. The molecule has 0 amide bonds. The van der Waals surface area contributed by atoms with E-state index in [0.29, 0.717) is 4.47 Å². The van der Waals surface area contributed by atoms with E-state index in [0.717, 1.165) is 0 Å². The van der Waals surface area contributed by atoms with Gasteiger partial charge in [-0.3, -0.25) is 0 Å². The van der Waals surface area contributed by atoms with Gasteiger partial charge in [0, 0.05) is 10.5 Å². The Bertz CT molecular complexity index is 902. The average molecular weight is 452 g/mol. The summed E-state index contributed by atoms with van der Waals surface area (Å²) in [6.45, 7) is 0. The standard InChI is InChI=1S/C15H11BrF5N5O/c16-7-3-8(25-14(24)26-13(22)23)5-9(4-7)27-12-10(17)1-6(2-11(12)18)15(19,20)21/h1-5H,(H6,22,23,24,25,26). The number of ether oxygens (including phenoxy) is 1. The molecule has 144 valence electrons. The van der Waals surface area contributed by atoms with Crippen LogP contribution in [0.2, 0.25) is 0 Å². The molecule has 27 heavy (non-hydrogen) atoms. The van der Waals surface area contributed by atoms with E-state index in [1.165, 1.54) is 18.2 Å². The number of hydrogen-bond donors (Lipinski definition) is 3. The highest BCUT2D eigenvalue weighted by Crippen LogP contribution is 2.37. The van der Waals surface area contributed by atoms with Crippen molar-refractivity contribution in [2.24, 2.45) is 27.2 Å². The highest BCUT2D eigenvalue weighted by Gasteiger charge is 2.33. The summed E-state index contributed by atoms with van der Waals surface area (Å²) >= 11 is 3.13. The summed E-state index contributed by atoms with van der Waals surface area (Å²) in [6.07, 6.45) is -4.90. The molecule has 0 atom stereocenters. The van der Waals surface area contributed by atoms with E-state index in [2.05, 4.69) is 25.9 Å². The van der Waals surface area contributed by atoms with Crippen LogP contribution in [-0.4, -0.2) is 11.9 Å². The number of nitrogens with two attached hydrogens (primary N) is 3. The largest absolute Gasteiger partial charge is 0.451 e. The molecule has 0 saturated carbocycles. The molecule has 0 aliphatic carbocycles. The molecule has 0 bridgehead atoms. The minimum atomic E-state index is -4.90. The second-order valence-corrected chi connectivity index (χ2v) is 5.94.